The number of carbonyl (C=O) groups excluding carboxylic acids is 1. The summed E-state index contributed by atoms with van der Waals surface area (Å²) in [6, 6.07) is 7.64. The molecule has 0 aliphatic rings. The minimum Gasteiger partial charge on any atom is -0.323 e. The van der Waals surface area contributed by atoms with Gasteiger partial charge >= 0.3 is 0 Å². The molecule has 0 bridgehead atoms. The van der Waals surface area contributed by atoms with Crippen molar-refractivity contribution in [3.05, 3.63) is 50.9 Å². The highest BCUT2D eigenvalue weighted by Gasteiger charge is 2.12. The van der Waals surface area contributed by atoms with Gasteiger partial charge in [0.15, 0.2) is 5.78 Å². The molecule has 3 nitrogen and oxygen atoms in total. The van der Waals surface area contributed by atoms with E-state index >= 15 is 0 Å². The van der Waals surface area contributed by atoms with E-state index in [1.54, 1.807) is 18.5 Å². The van der Waals surface area contributed by atoms with Gasteiger partial charge in [0.1, 0.15) is 0 Å². The number of halogens is 1. The second-order valence-electron chi connectivity index (χ2n) is 4.82. The SMILES string of the molecule is Cc1cc2ncn(CC(=O)c3ccc(Cl)s3)c2cc1C. The monoisotopic (exact) mass is 304 g/mol. The van der Waals surface area contributed by atoms with Crippen molar-refractivity contribution in [3.63, 3.8) is 0 Å². The zero-order chi connectivity index (χ0) is 14.3. The third-order valence-electron chi connectivity index (χ3n) is 3.40. The van der Waals surface area contributed by atoms with E-state index in [2.05, 4.69) is 24.9 Å². The van der Waals surface area contributed by atoms with Crippen molar-refractivity contribution in [2.45, 2.75) is 20.4 Å². The van der Waals surface area contributed by atoms with E-state index in [1.165, 1.54) is 22.5 Å². The molecule has 0 saturated carbocycles. The fraction of sp³-hybridized carbons (Fsp3) is 0.200. The van der Waals surface area contributed by atoms with Crippen LogP contribution < -0.4 is 0 Å². The standard InChI is InChI=1S/C15H13ClN2OS/c1-9-5-11-12(6-10(9)2)18(8-17-11)7-13(19)14-3-4-15(16)20-14/h3-6,8H,7H2,1-2H3. The van der Waals surface area contributed by atoms with Gasteiger partial charge in [0, 0.05) is 0 Å². The van der Waals surface area contributed by atoms with Gasteiger partial charge < -0.3 is 4.57 Å². The maximum atomic E-state index is 12.2. The molecule has 2 heterocycles. The van der Waals surface area contributed by atoms with Crippen LogP contribution in [0, 0.1) is 13.8 Å². The van der Waals surface area contributed by atoms with Gasteiger partial charge in [-0.2, -0.15) is 0 Å². The predicted molar refractivity (Wildman–Crippen MR) is 82.9 cm³/mol. The van der Waals surface area contributed by atoms with E-state index < -0.39 is 0 Å². The summed E-state index contributed by atoms with van der Waals surface area (Å²) in [5.41, 5.74) is 4.32. The van der Waals surface area contributed by atoms with Gasteiger partial charge in [0.05, 0.1) is 33.1 Å². The Hall–Kier alpha value is -1.65. The first-order valence-electron chi connectivity index (χ1n) is 6.25. The van der Waals surface area contributed by atoms with Crippen LogP contribution in [-0.2, 0) is 6.54 Å². The molecular formula is C15H13ClN2OS. The lowest BCUT2D eigenvalue weighted by Crippen LogP contribution is -2.08. The minimum atomic E-state index is 0.0550. The maximum absolute atomic E-state index is 12.2. The number of ketones is 1. The number of thiophene rings is 1. The number of hydrogen-bond donors (Lipinski definition) is 0. The van der Waals surface area contributed by atoms with Crippen molar-refractivity contribution >= 4 is 39.8 Å². The lowest BCUT2D eigenvalue weighted by atomic mass is 10.1. The Balaban J connectivity index is 1.95. The Kier molecular flexibility index (Phi) is 3.36. The van der Waals surface area contributed by atoms with Gasteiger partial charge in [-0.1, -0.05) is 11.6 Å². The molecule has 0 N–H and O–H groups in total. The van der Waals surface area contributed by atoms with Crippen LogP contribution in [0.3, 0.4) is 0 Å². The van der Waals surface area contributed by atoms with Gasteiger partial charge in [-0.05, 0) is 49.2 Å². The van der Waals surface area contributed by atoms with Gasteiger partial charge in [-0.3, -0.25) is 4.79 Å². The number of nitrogens with zero attached hydrogens (tertiary/aromatic N) is 2. The first-order chi connectivity index (χ1) is 9.54. The molecule has 20 heavy (non-hydrogen) atoms. The summed E-state index contributed by atoms with van der Waals surface area (Å²) in [7, 11) is 0. The fourth-order valence-electron chi connectivity index (χ4n) is 2.14. The first-order valence-corrected chi connectivity index (χ1v) is 7.44. The van der Waals surface area contributed by atoms with Crippen LogP contribution in [-0.4, -0.2) is 15.3 Å². The number of aryl methyl sites for hydroxylation is 2. The number of rotatable bonds is 3. The number of benzene rings is 1. The second-order valence-corrected chi connectivity index (χ2v) is 6.54. The van der Waals surface area contributed by atoms with Crippen LogP contribution >= 0.6 is 22.9 Å². The minimum absolute atomic E-state index is 0.0550. The number of imidazole rings is 1. The molecule has 3 rings (SSSR count). The Labute approximate surface area is 125 Å². The summed E-state index contributed by atoms with van der Waals surface area (Å²) >= 11 is 7.18. The summed E-state index contributed by atoms with van der Waals surface area (Å²) in [5, 5.41) is 0. The van der Waals surface area contributed by atoms with Crippen LogP contribution in [0.2, 0.25) is 4.34 Å². The van der Waals surface area contributed by atoms with Gasteiger partial charge in [-0.15, -0.1) is 11.3 Å². The van der Waals surface area contributed by atoms with Crippen molar-refractivity contribution in [3.8, 4) is 0 Å². The van der Waals surface area contributed by atoms with Gasteiger partial charge in [0.25, 0.3) is 0 Å². The van der Waals surface area contributed by atoms with Crippen LogP contribution in [0.15, 0.2) is 30.6 Å². The fourth-order valence-corrected chi connectivity index (χ4v) is 3.11. The van der Waals surface area contributed by atoms with E-state index in [1.807, 2.05) is 10.6 Å². The molecular weight excluding hydrogens is 292 g/mol. The lowest BCUT2D eigenvalue weighted by Gasteiger charge is -2.04. The highest BCUT2D eigenvalue weighted by atomic mass is 35.5. The van der Waals surface area contributed by atoms with Crippen LogP contribution in [0.25, 0.3) is 11.0 Å². The molecule has 0 spiro atoms. The van der Waals surface area contributed by atoms with E-state index in [-0.39, 0.29) is 12.3 Å². The molecule has 0 saturated heterocycles. The van der Waals surface area contributed by atoms with Crippen molar-refractivity contribution in [2.24, 2.45) is 0 Å². The zero-order valence-electron chi connectivity index (χ0n) is 11.2. The van der Waals surface area contributed by atoms with Gasteiger partial charge in [0.2, 0.25) is 0 Å². The Morgan fingerprint density at radius 1 is 1.30 bits per heavy atom. The molecule has 0 fully saturated rings. The molecule has 5 heteroatoms. The summed E-state index contributed by atoms with van der Waals surface area (Å²) in [6.07, 6.45) is 1.72. The highest BCUT2D eigenvalue weighted by molar-refractivity contribution is 7.18. The normalized spacial score (nSPS) is 11.2. The molecule has 0 atom stereocenters. The molecule has 0 aliphatic heterocycles. The third-order valence-corrected chi connectivity index (χ3v) is 4.67. The molecule has 0 aliphatic carbocycles. The number of hydrogen-bond acceptors (Lipinski definition) is 3. The summed E-state index contributed by atoms with van der Waals surface area (Å²) in [4.78, 5) is 17.3. The van der Waals surface area contributed by atoms with Crippen molar-refractivity contribution < 1.29 is 4.79 Å². The summed E-state index contributed by atoms with van der Waals surface area (Å²) < 4.78 is 2.52. The van der Waals surface area contributed by atoms with Crippen LogP contribution in [0.1, 0.15) is 20.8 Å². The number of aromatic nitrogens is 2. The lowest BCUT2D eigenvalue weighted by molar-refractivity contribution is 0.0977. The van der Waals surface area contributed by atoms with E-state index in [0.29, 0.717) is 9.21 Å². The molecule has 3 aromatic rings. The average Bonchev–Trinajstić information content (AvgIpc) is 2.98. The smallest absolute Gasteiger partial charge is 0.192 e. The Morgan fingerprint density at radius 3 is 2.75 bits per heavy atom. The largest absolute Gasteiger partial charge is 0.323 e. The first kappa shape index (κ1) is 13.3. The quantitative estimate of drug-likeness (QED) is 0.678. The van der Waals surface area contributed by atoms with E-state index in [4.69, 9.17) is 11.6 Å². The van der Waals surface area contributed by atoms with Gasteiger partial charge in [-0.25, -0.2) is 4.98 Å². The number of Topliss-reactive ketones (excluding diaryl/α,β-unsaturated/α-hetero) is 1. The molecule has 0 amide bonds. The molecule has 0 radical (unpaired) electrons. The second kappa shape index (κ2) is 5.04. The summed E-state index contributed by atoms with van der Waals surface area (Å²) in [5.74, 6) is 0.0550. The van der Waals surface area contributed by atoms with E-state index in [0.717, 1.165) is 11.0 Å². The molecule has 102 valence electrons. The predicted octanol–water partition coefficient (Wildman–Crippen LogP) is 4.25. The zero-order valence-corrected chi connectivity index (χ0v) is 12.8. The highest BCUT2D eigenvalue weighted by Crippen LogP contribution is 2.23. The van der Waals surface area contributed by atoms with Crippen molar-refractivity contribution in [1.29, 1.82) is 0 Å². The number of fused-ring (bicyclic) bond motifs is 1. The molecule has 2 aromatic heterocycles. The summed E-state index contributed by atoms with van der Waals surface area (Å²) in [6.45, 7) is 4.41. The Morgan fingerprint density at radius 2 is 2.05 bits per heavy atom. The maximum Gasteiger partial charge on any atom is 0.192 e. The number of carbonyl (C=O) groups is 1. The van der Waals surface area contributed by atoms with Crippen LogP contribution in [0.5, 0.6) is 0 Å². The van der Waals surface area contributed by atoms with Crippen LogP contribution in [0.4, 0.5) is 0 Å². The Bertz CT molecular complexity index is 803. The average molecular weight is 305 g/mol. The van der Waals surface area contributed by atoms with Crippen molar-refractivity contribution in [1.82, 2.24) is 9.55 Å². The van der Waals surface area contributed by atoms with E-state index in [9.17, 15) is 4.79 Å². The van der Waals surface area contributed by atoms with Crippen molar-refractivity contribution in [2.75, 3.05) is 0 Å². The topological polar surface area (TPSA) is 34.9 Å². The third kappa shape index (κ3) is 2.37. The molecule has 1 aromatic carbocycles. The molecule has 0 unspecified atom stereocenters.